The molecule has 0 amide bonds. The van der Waals surface area contributed by atoms with Gasteiger partial charge in [-0.3, -0.25) is 9.52 Å². The van der Waals surface area contributed by atoms with Crippen molar-refractivity contribution in [1.82, 2.24) is 9.97 Å². The predicted molar refractivity (Wildman–Crippen MR) is 139 cm³/mol. The number of hydrogen-bond donors (Lipinski definition) is 2. The van der Waals surface area contributed by atoms with Gasteiger partial charge in [0, 0.05) is 18.7 Å². The molecule has 3 aromatic rings. The molecule has 2 fully saturated rings. The Morgan fingerprint density at radius 1 is 0.974 bits per heavy atom. The SMILES string of the molecule is O=C(O)[C@@H]1CCCN(c2cccc(S(=O)(=O)Nc3ccc(C(F)(F)F)c(-c4ccccc4C4CCC4)n3)n2)C1. The lowest BCUT2D eigenvalue weighted by atomic mass is 9.77. The normalized spacial score (nSPS) is 18.4. The van der Waals surface area contributed by atoms with Gasteiger partial charge in [-0.25, -0.2) is 9.97 Å². The third-order valence-electron chi connectivity index (χ3n) is 7.28. The first-order valence-electron chi connectivity index (χ1n) is 12.7. The van der Waals surface area contributed by atoms with Gasteiger partial charge < -0.3 is 10.0 Å². The van der Waals surface area contributed by atoms with Crippen LogP contribution in [0.15, 0.2) is 59.6 Å². The second kappa shape index (κ2) is 10.5. The molecule has 3 heterocycles. The molecule has 8 nitrogen and oxygen atoms in total. The Balaban J connectivity index is 1.47. The molecule has 39 heavy (non-hydrogen) atoms. The van der Waals surface area contributed by atoms with Crippen molar-refractivity contribution >= 4 is 27.6 Å². The number of aromatic nitrogens is 2. The zero-order valence-corrected chi connectivity index (χ0v) is 21.7. The number of benzene rings is 1. The van der Waals surface area contributed by atoms with Crippen LogP contribution in [0.25, 0.3) is 11.3 Å². The highest BCUT2D eigenvalue weighted by Crippen LogP contribution is 2.44. The molecular weight excluding hydrogens is 533 g/mol. The van der Waals surface area contributed by atoms with E-state index in [1.54, 1.807) is 35.2 Å². The first kappa shape index (κ1) is 26.9. The minimum Gasteiger partial charge on any atom is -0.481 e. The molecule has 12 heteroatoms. The topological polar surface area (TPSA) is 112 Å². The van der Waals surface area contributed by atoms with Crippen LogP contribution in [0.2, 0.25) is 0 Å². The van der Waals surface area contributed by atoms with Crippen LogP contribution in [0.5, 0.6) is 0 Å². The number of carbonyl (C=O) groups is 1. The Kier molecular flexibility index (Phi) is 7.23. The highest BCUT2D eigenvalue weighted by molar-refractivity contribution is 7.92. The van der Waals surface area contributed by atoms with Gasteiger partial charge in [0.2, 0.25) is 0 Å². The number of carboxylic acids is 1. The van der Waals surface area contributed by atoms with Crippen molar-refractivity contribution < 1.29 is 31.5 Å². The molecular formula is C27H27F3N4O4S. The van der Waals surface area contributed by atoms with Crippen LogP contribution in [0.1, 0.15) is 49.1 Å². The van der Waals surface area contributed by atoms with E-state index in [-0.39, 0.29) is 29.0 Å². The number of rotatable bonds is 7. The fourth-order valence-corrected chi connectivity index (χ4v) is 6.01. The molecule has 2 N–H and O–H groups in total. The number of nitrogens with zero attached hydrogens (tertiary/aromatic N) is 3. The van der Waals surface area contributed by atoms with Gasteiger partial charge in [-0.2, -0.15) is 21.6 Å². The summed E-state index contributed by atoms with van der Waals surface area (Å²) in [5, 5.41) is 9.01. The van der Waals surface area contributed by atoms with Crippen molar-refractivity contribution in [2.75, 3.05) is 22.7 Å². The first-order chi connectivity index (χ1) is 18.5. The van der Waals surface area contributed by atoms with Gasteiger partial charge in [0.1, 0.15) is 11.6 Å². The van der Waals surface area contributed by atoms with Crippen LogP contribution in [-0.2, 0) is 21.0 Å². The van der Waals surface area contributed by atoms with E-state index in [9.17, 15) is 31.5 Å². The van der Waals surface area contributed by atoms with Crippen molar-refractivity contribution in [2.45, 2.75) is 49.2 Å². The van der Waals surface area contributed by atoms with Crippen molar-refractivity contribution in [1.29, 1.82) is 0 Å². The molecule has 5 rings (SSSR count). The summed E-state index contributed by atoms with van der Waals surface area (Å²) in [5.41, 5.74) is -0.193. The second-order valence-electron chi connectivity index (χ2n) is 9.87. The maximum Gasteiger partial charge on any atom is 0.418 e. The lowest BCUT2D eigenvalue weighted by molar-refractivity contribution is -0.142. The Labute approximate surface area is 224 Å². The summed E-state index contributed by atoms with van der Waals surface area (Å²) in [6.07, 6.45) is -0.803. The van der Waals surface area contributed by atoms with Crippen molar-refractivity contribution in [2.24, 2.45) is 5.92 Å². The molecule has 0 unspecified atom stereocenters. The summed E-state index contributed by atoms with van der Waals surface area (Å²) >= 11 is 0. The van der Waals surface area contributed by atoms with Crippen LogP contribution < -0.4 is 9.62 Å². The molecule has 0 bridgehead atoms. The number of sulfonamides is 1. The van der Waals surface area contributed by atoms with Crippen molar-refractivity contribution in [3.63, 3.8) is 0 Å². The van der Waals surface area contributed by atoms with E-state index in [1.165, 1.54) is 12.1 Å². The summed E-state index contributed by atoms with van der Waals surface area (Å²) in [5.74, 6) is -1.34. The highest BCUT2D eigenvalue weighted by Gasteiger charge is 2.36. The molecule has 0 radical (unpaired) electrons. The molecule has 1 aliphatic carbocycles. The standard InChI is InChI=1S/C27H27F3N4O4S/c28-27(29,30)21-13-14-22(31-25(21)20-10-2-1-9-19(20)17-6-3-7-17)33-39(37,38)24-12-4-11-23(32-24)34-15-5-8-18(16-34)26(35)36/h1-2,4,9-14,17-18H,3,5-8,15-16H2,(H,31,33)(H,35,36)/t18-/m1/s1. The minimum absolute atomic E-state index is 0.131. The van der Waals surface area contributed by atoms with E-state index < -0.39 is 33.7 Å². The van der Waals surface area contributed by atoms with Crippen molar-refractivity contribution in [3.05, 3.63) is 65.7 Å². The first-order valence-corrected chi connectivity index (χ1v) is 14.2. The smallest absolute Gasteiger partial charge is 0.418 e. The fraction of sp³-hybridized carbons (Fsp3) is 0.370. The van der Waals surface area contributed by atoms with Gasteiger partial charge in [-0.1, -0.05) is 36.8 Å². The average molecular weight is 561 g/mol. The third-order valence-corrected chi connectivity index (χ3v) is 8.54. The number of carboxylic acid groups (broad SMARTS) is 1. The Hall–Kier alpha value is -3.67. The average Bonchev–Trinajstić information content (AvgIpc) is 2.87. The number of alkyl halides is 3. The van der Waals surface area contributed by atoms with E-state index in [2.05, 4.69) is 14.7 Å². The lowest BCUT2D eigenvalue weighted by Gasteiger charge is -2.31. The molecule has 1 aromatic carbocycles. The number of pyridine rings is 2. The molecule has 2 aromatic heterocycles. The van der Waals surface area contributed by atoms with E-state index >= 15 is 0 Å². The van der Waals surface area contributed by atoms with Crippen LogP contribution in [0, 0.1) is 5.92 Å². The maximum absolute atomic E-state index is 14.0. The van der Waals surface area contributed by atoms with Gasteiger partial charge >= 0.3 is 12.1 Å². The zero-order valence-electron chi connectivity index (χ0n) is 20.9. The number of hydrogen-bond acceptors (Lipinski definition) is 6. The van der Waals surface area contributed by atoms with Crippen LogP contribution >= 0.6 is 0 Å². The van der Waals surface area contributed by atoms with Gasteiger partial charge in [0.25, 0.3) is 10.0 Å². The summed E-state index contributed by atoms with van der Waals surface area (Å²) < 4.78 is 70.6. The van der Waals surface area contributed by atoms with E-state index in [0.717, 1.165) is 37.0 Å². The summed E-state index contributed by atoms with van der Waals surface area (Å²) in [7, 11) is -4.32. The van der Waals surface area contributed by atoms with Gasteiger partial charge in [-0.05, 0) is 61.4 Å². The minimum atomic E-state index is -4.69. The maximum atomic E-state index is 14.0. The summed E-state index contributed by atoms with van der Waals surface area (Å²) in [6, 6.07) is 13.0. The van der Waals surface area contributed by atoms with Crippen molar-refractivity contribution in [3.8, 4) is 11.3 Å². The lowest BCUT2D eigenvalue weighted by Crippen LogP contribution is -2.39. The monoisotopic (exact) mass is 560 g/mol. The summed E-state index contributed by atoms with van der Waals surface area (Å²) in [4.78, 5) is 21.5. The molecule has 1 atom stereocenters. The third kappa shape index (κ3) is 5.70. The number of piperidine rings is 1. The van der Waals surface area contributed by atoms with E-state index in [4.69, 9.17) is 0 Å². The predicted octanol–water partition coefficient (Wildman–Crippen LogP) is 5.53. The fourth-order valence-electron chi connectivity index (χ4n) is 5.04. The number of aliphatic carboxylic acids is 1. The molecule has 2 aliphatic rings. The van der Waals surface area contributed by atoms with Gasteiger partial charge in [0.15, 0.2) is 5.03 Å². The Morgan fingerprint density at radius 3 is 2.44 bits per heavy atom. The second-order valence-corrected chi connectivity index (χ2v) is 11.5. The largest absolute Gasteiger partial charge is 0.481 e. The quantitative estimate of drug-likeness (QED) is 0.391. The molecule has 1 aliphatic heterocycles. The van der Waals surface area contributed by atoms with Crippen LogP contribution in [0.3, 0.4) is 0 Å². The molecule has 206 valence electrons. The van der Waals surface area contributed by atoms with Gasteiger partial charge in [0.05, 0.1) is 17.2 Å². The highest BCUT2D eigenvalue weighted by atomic mass is 32.2. The summed E-state index contributed by atoms with van der Waals surface area (Å²) in [6.45, 7) is 0.724. The Bertz CT molecular complexity index is 1490. The Morgan fingerprint density at radius 2 is 1.74 bits per heavy atom. The zero-order chi connectivity index (χ0) is 27.8. The van der Waals surface area contributed by atoms with E-state index in [1.807, 2.05) is 0 Å². The molecule has 1 saturated carbocycles. The molecule has 0 spiro atoms. The number of halogens is 3. The van der Waals surface area contributed by atoms with Crippen LogP contribution in [-0.4, -0.2) is 42.6 Å². The van der Waals surface area contributed by atoms with E-state index in [0.29, 0.717) is 30.8 Å². The number of nitrogens with one attached hydrogen (secondary N) is 1. The number of anilines is 2. The molecule has 1 saturated heterocycles. The van der Waals surface area contributed by atoms with Gasteiger partial charge in [-0.15, -0.1) is 0 Å². The van der Waals surface area contributed by atoms with Crippen LogP contribution in [0.4, 0.5) is 24.8 Å².